The van der Waals surface area contributed by atoms with Gasteiger partial charge in [-0.25, -0.2) is 0 Å². The first kappa shape index (κ1) is 20.5. The molecule has 5 heteroatoms. The highest BCUT2D eigenvalue weighted by molar-refractivity contribution is 5.94. The molecule has 2 N–H and O–H groups in total. The number of ether oxygens (including phenoxy) is 1. The Morgan fingerprint density at radius 1 is 1.04 bits per heavy atom. The Labute approximate surface area is 161 Å². The molecule has 0 saturated carbocycles. The largest absolute Gasteiger partial charge is 0.494 e. The Kier molecular flexibility index (Phi) is 7.86. The third-order valence-electron chi connectivity index (χ3n) is 4.20. The number of carbonyl (C=O) groups excluding carboxylic acids is 2. The fourth-order valence-corrected chi connectivity index (χ4v) is 2.59. The first-order valence-corrected chi connectivity index (χ1v) is 9.30. The fourth-order valence-electron chi connectivity index (χ4n) is 2.59. The molecule has 0 atom stereocenters. The number of rotatable bonds is 10. The van der Waals surface area contributed by atoms with Gasteiger partial charge in [0.1, 0.15) is 5.75 Å². The van der Waals surface area contributed by atoms with Gasteiger partial charge in [-0.15, -0.1) is 0 Å². The molecule has 5 nitrogen and oxygen atoms in total. The first-order chi connectivity index (χ1) is 13.0. The Morgan fingerprint density at radius 3 is 2.30 bits per heavy atom. The minimum atomic E-state index is -0.422. The van der Waals surface area contributed by atoms with E-state index in [1.165, 1.54) is 0 Å². The quantitative estimate of drug-likeness (QED) is 0.696. The lowest BCUT2D eigenvalue weighted by Gasteiger charge is -2.22. The molecule has 144 valence electrons. The van der Waals surface area contributed by atoms with Crippen molar-refractivity contribution in [3.63, 3.8) is 0 Å². The summed E-state index contributed by atoms with van der Waals surface area (Å²) in [7, 11) is 0. The SMILES string of the molecule is CC(C)CCOc1ccc(C(=O)N(CCC(N)=O)Cc2ccccc2)cc1. The Morgan fingerprint density at radius 2 is 1.70 bits per heavy atom. The van der Waals surface area contributed by atoms with Gasteiger partial charge in [-0.3, -0.25) is 9.59 Å². The number of amides is 2. The zero-order chi connectivity index (χ0) is 19.6. The third-order valence-corrected chi connectivity index (χ3v) is 4.20. The second kappa shape index (κ2) is 10.4. The van der Waals surface area contributed by atoms with Crippen LogP contribution in [-0.2, 0) is 11.3 Å². The molecule has 0 aliphatic carbocycles. The molecule has 0 fully saturated rings. The normalized spacial score (nSPS) is 10.6. The van der Waals surface area contributed by atoms with Gasteiger partial charge in [0.2, 0.25) is 5.91 Å². The summed E-state index contributed by atoms with van der Waals surface area (Å²) in [5.41, 5.74) is 6.83. The maximum Gasteiger partial charge on any atom is 0.254 e. The van der Waals surface area contributed by atoms with Crippen molar-refractivity contribution >= 4 is 11.8 Å². The summed E-state index contributed by atoms with van der Waals surface area (Å²) in [4.78, 5) is 25.7. The summed E-state index contributed by atoms with van der Waals surface area (Å²) in [5.74, 6) is 0.783. The van der Waals surface area contributed by atoms with Gasteiger partial charge in [-0.1, -0.05) is 44.2 Å². The molecule has 0 saturated heterocycles. The van der Waals surface area contributed by atoms with Crippen molar-refractivity contribution in [2.45, 2.75) is 33.2 Å². The van der Waals surface area contributed by atoms with Gasteiger partial charge in [0.25, 0.3) is 5.91 Å². The van der Waals surface area contributed by atoms with Crippen LogP contribution >= 0.6 is 0 Å². The van der Waals surface area contributed by atoms with Crippen LogP contribution in [0.5, 0.6) is 5.75 Å². The van der Waals surface area contributed by atoms with Crippen LogP contribution in [0.15, 0.2) is 54.6 Å². The molecule has 2 aromatic rings. The van der Waals surface area contributed by atoms with Crippen LogP contribution in [0, 0.1) is 5.92 Å². The van der Waals surface area contributed by atoms with Gasteiger partial charge in [0.05, 0.1) is 6.61 Å². The maximum atomic E-state index is 12.9. The molecule has 0 unspecified atom stereocenters. The molecule has 2 rings (SSSR count). The molecule has 0 aromatic heterocycles. The highest BCUT2D eigenvalue weighted by Crippen LogP contribution is 2.16. The molecule has 0 spiro atoms. The van der Waals surface area contributed by atoms with Crippen molar-refractivity contribution in [1.29, 1.82) is 0 Å². The van der Waals surface area contributed by atoms with Crippen LogP contribution in [0.25, 0.3) is 0 Å². The zero-order valence-corrected chi connectivity index (χ0v) is 16.1. The lowest BCUT2D eigenvalue weighted by molar-refractivity contribution is -0.118. The van der Waals surface area contributed by atoms with Crippen LogP contribution in [0.2, 0.25) is 0 Å². The predicted molar refractivity (Wildman–Crippen MR) is 106 cm³/mol. The summed E-state index contributed by atoms with van der Waals surface area (Å²) < 4.78 is 5.70. The van der Waals surface area contributed by atoms with Crippen molar-refractivity contribution < 1.29 is 14.3 Å². The van der Waals surface area contributed by atoms with Gasteiger partial charge < -0.3 is 15.4 Å². The molecule has 0 heterocycles. The molecular weight excluding hydrogens is 340 g/mol. The van der Waals surface area contributed by atoms with Gasteiger partial charge >= 0.3 is 0 Å². The van der Waals surface area contributed by atoms with Crippen molar-refractivity contribution in [2.24, 2.45) is 11.7 Å². The van der Waals surface area contributed by atoms with Crippen LogP contribution in [0.1, 0.15) is 42.6 Å². The van der Waals surface area contributed by atoms with Gasteiger partial charge in [-0.2, -0.15) is 0 Å². The topological polar surface area (TPSA) is 72.6 Å². The van der Waals surface area contributed by atoms with Crippen LogP contribution < -0.4 is 10.5 Å². The number of hydrogen-bond acceptors (Lipinski definition) is 3. The number of carbonyl (C=O) groups is 2. The molecular formula is C22H28N2O3. The average Bonchev–Trinajstić information content (AvgIpc) is 2.65. The summed E-state index contributed by atoms with van der Waals surface area (Å²) in [6, 6.07) is 16.8. The highest BCUT2D eigenvalue weighted by Gasteiger charge is 2.17. The number of hydrogen-bond donors (Lipinski definition) is 1. The van der Waals surface area contributed by atoms with E-state index in [1.54, 1.807) is 17.0 Å². The highest BCUT2D eigenvalue weighted by atomic mass is 16.5. The Bertz CT molecular complexity index is 727. The van der Waals surface area contributed by atoms with Crippen molar-refractivity contribution in [1.82, 2.24) is 4.90 Å². The van der Waals surface area contributed by atoms with Crippen molar-refractivity contribution in [3.05, 3.63) is 65.7 Å². The number of nitrogens with two attached hydrogens (primary N) is 1. The summed E-state index contributed by atoms with van der Waals surface area (Å²) >= 11 is 0. The smallest absolute Gasteiger partial charge is 0.254 e. The summed E-state index contributed by atoms with van der Waals surface area (Å²) in [6.45, 7) is 5.68. The second-order valence-electron chi connectivity index (χ2n) is 6.98. The molecule has 0 radical (unpaired) electrons. The molecule has 2 aromatic carbocycles. The standard InChI is InChI=1S/C22H28N2O3/c1-17(2)13-15-27-20-10-8-19(9-11-20)22(26)24(14-12-21(23)25)16-18-6-4-3-5-7-18/h3-11,17H,12-16H2,1-2H3,(H2,23,25). The molecule has 0 aliphatic heterocycles. The van der Waals surface area contributed by atoms with E-state index in [-0.39, 0.29) is 18.9 Å². The lowest BCUT2D eigenvalue weighted by Crippen LogP contribution is -2.33. The first-order valence-electron chi connectivity index (χ1n) is 9.30. The minimum Gasteiger partial charge on any atom is -0.494 e. The van der Waals surface area contributed by atoms with Gasteiger partial charge in [-0.05, 0) is 42.2 Å². The molecule has 0 bridgehead atoms. The van der Waals surface area contributed by atoms with Crippen molar-refractivity contribution in [3.8, 4) is 5.75 Å². The van der Waals surface area contributed by atoms with Crippen LogP contribution in [0.3, 0.4) is 0 Å². The fraction of sp³-hybridized carbons (Fsp3) is 0.364. The number of nitrogens with zero attached hydrogens (tertiary/aromatic N) is 1. The summed E-state index contributed by atoms with van der Waals surface area (Å²) in [5, 5.41) is 0. The Balaban J connectivity index is 2.05. The van der Waals surface area contributed by atoms with Gasteiger partial charge in [0.15, 0.2) is 0 Å². The molecule has 2 amide bonds. The van der Waals surface area contributed by atoms with E-state index in [9.17, 15) is 9.59 Å². The number of benzene rings is 2. The second-order valence-corrected chi connectivity index (χ2v) is 6.98. The minimum absolute atomic E-state index is 0.131. The molecule has 0 aliphatic rings. The van der Waals surface area contributed by atoms with E-state index < -0.39 is 5.91 Å². The predicted octanol–water partition coefficient (Wildman–Crippen LogP) is 3.63. The third kappa shape index (κ3) is 7.13. The molecule has 27 heavy (non-hydrogen) atoms. The van der Waals surface area contributed by atoms with E-state index in [0.29, 0.717) is 24.6 Å². The van der Waals surface area contributed by atoms with Crippen LogP contribution in [-0.4, -0.2) is 29.9 Å². The van der Waals surface area contributed by atoms with Crippen LogP contribution in [0.4, 0.5) is 0 Å². The summed E-state index contributed by atoms with van der Waals surface area (Å²) in [6.07, 6.45) is 1.12. The number of primary amides is 1. The van der Waals surface area contributed by atoms with Gasteiger partial charge in [0, 0.05) is 25.1 Å². The zero-order valence-electron chi connectivity index (χ0n) is 16.1. The van der Waals surface area contributed by atoms with E-state index in [0.717, 1.165) is 17.7 Å². The Hall–Kier alpha value is -2.82. The van der Waals surface area contributed by atoms with E-state index >= 15 is 0 Å². The monoisotopic (exact) mass is 368 g/mol. The lowest BCUT2D eigenvalue weighted by atomic mass is 10.1. The average molecular weight is 368 g/mol. The van der Waals surface area contributed by atoms with E-state index in [1.807, 2.05) is 42.5 Å². The van der Waals surface area contributed by atoms with E-state index in [2.05, 4.69) is 13.8 Å². The van der Waals surface area contributed by atoms with E-state index in [4.69, 9.17) is 10.5 Å². The van der Waals surface area contributed by atoms with Crippen molar-refractivity contribution in [2.75, 3.05) is 13.2 Å². The maximum absolute atomic E-state index is 12.9.